The fraction of sp³-hybridized carbons (Fsp3) is 0.333. The zero-order valence-electron chi connectivity index (χ0n) is 9.46. The van der Waals surface area contributed by atoms with Gasteiger partial charge in [0.05, 0.1) is 7.11 Å². The maximum absolute atomic E-state index is 12.6. The van der Waals surface area contributed by atoms with Crippen LogP contribution in [0.4, 0.5) is 26.3 Å². The maximum atomic E-state index is 12.6. The second kappa shape index (κ2) is 5.06. The van der Waals surface area contributed by atoms with Crippen molar-refractivity contribution in [1.82, 2.24) is 4.98 Å². The van der Waals surface area contributed by atoms with Crippen molar-refractivity contribution in [2.45, 2.75) is 12.5 Å². The smallest absolute Gasteiger partial charge is 0.494 e. The molecule has 0 saturated heterocycles. The van der Waals surface area contributed by atoms with Crippen LogP contribution in [0.3, 0.4) is 0 Å². The van der Waals surface area contributed by atoms with E-state index in [9.17, 15) is 31.1 Å². The molecule has 5 nitrogen and oxygen atoms in total. The highest BCUT2D eigenvalue weighted by atomic mass is 19.4. The van der Waals surface area contributed by atoms with Gasteiger partial charge in [-0.2, -0.15) is 13.2 Å². The van der Waals surface area contributed by atoms with Crippen LogP contribution >= 0.6 is 0 Å². The largest absolute Gasteiger partial charge is 0.574 e. The number of alkyl halides is 6. The molecule has 0 saturated carbocycles. The fourth-order valence-electron chi connectivity index (χ4n) is 1.18. The molecule has 0 spiro atoms. The van der Waals surface area contributed by atoms with Crippen molar-refractivity contribution in [1.29, 1.82) is 0 Å². The summed E-state index contributed by atoms with van der Waals surface area (Å²) in [6.45, 7) is 0. The number of carboxylic acids is 1. The van der Waals surface area contributed by atoms with Gasteiger partial charge in [-0.05, 0) is 0 Å². The molecule has 1 rings (SSSR count). The van der Waals surface area contributed by atoms with Crippen LogP contribution in [-0.4, -0.2) is 29.5 Å². The Labute approximate surface area is 106 Å². The average Bonchev–Trinajstić information content (AvgIpc) is 2.24. The minimum Gasteiger partial charge on any atom is -0.494 e. The summed E-state index contributed by atoms with van der Waals surface area (Å²) in [5.41, 5.74) is -3.04. The first kappa shape index (κ1) is 15.9. The van der Waals surface area contributed by atoms with Crippen LogP contribution in [0.5, 0.6) is 11.6 Å². The van der Waals surface area contributed by atoms with E-state index in [0.717, 1.165) is 7.11 Å². The predicted octanol–water partition coefficient (Wildman–Crippen LogP) is 2.71. The molecule has 0 atom stereocenters. The third-order valence-electron chi connectivity index (χ3n) is 1.89. The molecule has 0 aliphatic heterocycles. The number of pyridine rings is 1. The molecule has 1 aromatic heterocycles. The molecule has 0 aromatic carbocycles. The third-order valence-corrected chi connectivity index (χ3v) is 1.89. The van der Waals surface area contributed by atoms with E-state index >= 15 is 0 Å². The number of aromatic carboxylic acids is 1. The lowest BCUT2D eigenvalue weighted by molar-refractivity contribution is -0.278. The Balaban J connectivity index is 3.52. The fourth-order valence-corrected chi connectivity index (χ4v) is 1.18. The molecule has 0 amide bonds. The van der Waals surface area contributed by atoms with E-state index < -0.39 is 41.4 Å². The lowest BCUT2D eigenvalue weighted by atomic mass is 10.2. The maximum Gasteiger partial charge on any atom is 0.574 e. The molecular formula is C9H5F6NO4. The van der Waals surface area contributed by atoms with Gasteiger partial charge in [0.1, 0.15) is 5.56 Å². The van der Waals surface area contributed by atoms with Crippen LogP contribution in [0.15, 0.2) is 6.07 Å². The topological polar surface area (TPSA) is 68.7 Å². The van der Waals surface area contributed by atoms with Crippen LogP contribution in [0.2, 0.25) is 0 Å². The number of halogens is 6. The highest BCUT2D eigenvalue weighted by molar-refractivity contribution is 5.89. The van der Waals surface area contributed by atoms with Gasteiger partial charge < -0.3 is 14.6 Å². The van der Waals surface area contributed by atoms with Gasteiger partial charge in [-0.15, -0.1) is 13.2 Å². The monoisotopic (exact) mass is 305 g/mol. The molecule has 0 aliphatic rings. The first-order chi connectivity index (χ1) is 8.95. The molecule has 1 aromatic rings. The van der Waals surface area contributed by atoms with Crippen LogP contribution in [-0.2, 0) is 6.18 Å². The van der Waals surface area contributed by atoms with Gasteiger partial charge in [0.15, 0.2) is 11.4 Å². The van der Waals surface area contributed by atoms with Gasteiger partial charge >= 0.3 is 18.5 Å². The second-order valence-corrected chi connectivity index (χ2v) is 3.24. The van der Waals surface area contributed by atoms with Crippen molar-refractivity contribution >= 4 is 5.97 Å². The van der Waals surface area contributed by atoms with Gasteiger partial charge in [-0.1, -0.05) is 0 Å². The van der Waals surface area contributed by atoms with Gasteiger partial charge in [0, 0.05) is 6.07 Å². The summed E-state index contributed by atoms with van der Waals surface area (Å²) in [4.78, 5) is 13.4. The standard InChI is InChI=1S/C9H5F6NO4/c1-19-4-2-3(8(10,11)12)6(20-9(13,14)15)16-5(4)7(17)18/h2H,1H3,(H,17,18). The number of hydrogen-bond acceptors (Lipinski definition) is 4. The molecule has 1 N–H and O–H groups in total. The molecule has 11 heteroatoms. The van der Waals surface area contributed by atoms with Crippen LogP contribution in [0.1, 0.15) is 16.1 Å². The zero-order chi connectivity index (χ0) is 15.7. The number of carbonyl (C=O) groups is 1. The number of ether oxygens (including phenoxy) is 2. The van der Waals surface area contributed by atoms with E-state index in [1.807, 2.05) is 0 Å². The Morgan fingerprint density at radius 2 is 1.80 bits per heavy atom. The van der Waals surface area contributed by atoms with Crippen molar-refractivity contribution in [2.75, 3.05) is 7.11 Å². The highest BCUT2D eigenvalue weighted by Gasteiger charge is 2.42. The number of hydrogen-bond donors (Lipinski definition) is 1. The Hall–Kier alpha value is -2.20. The lowest BCUT2D eigenvalue weighted by Gasteiger charge is -2.16. The number of rotatable bonds is 3. The molecular weight excluding hydrogens is 300 g/mol. The van der Waals surface area contributed by atoms with Gasteiger partial charge in [-0.3, -0.25) is 0 Å². The van der Waals surface area contributed by atoms with Crippen molar-refractivity contribution in [2.24, 2.45) is 0 Å². The molecule has 0 bridgehead atoms. The molecule has 1 heterocycles. The number of carboxylic acid groups (broad SMARTS) is 1. The Morgan fingerprint density at radius 1 is 1.25 bits per heavy atom. The van der Waals surface area contributed by atoms with E-state index in [0.29, 0.717) is 0 Å². The minimum absolute atomic E-state index is 0.0670. The molecule has 112 valence electrons. The van der Waals surface area contributed by atoms with Crippen LogP contribution in [0.25, 0.3) is 0 Å². The summed E-state index contributed by atoms with van der Waals surface area (Å²) in [6, 6.07) is 0.0670. The van der Waals surface area contributed by atoms with Gasteiger partial charge in [0.25, 0.3) is 0 Å². The van der Waals surface area contributed by atoms with E-state index in [1.165, 1.54) is 0 Å². The van der Waals surface area contributed by atoms with Crippen molar-refractivity contribution in [3.8, 4) is 11.6 Å². The Kier molecular flexibility index (Phi) is 4.01. The molecule has 0 radical (unpaired) electrons. The highest BCUT2D eigenvalue weighted by Crippen LogP contribution is 2.40. The van der Waals surface area contributed by atoms with E-state index in [1.54, 1.807) is 0 Å². The van der Waals surface area contributed by atoms with Gasteiger partial charge in [-0.25, -0.2) is 9.78 Å². The molecule has 20 heavy (non-hydrogen) atoms. The van der Waals surface area contributed by atoms with Gasteiger partial charge in [0.2, 0.25) is 5.88 Å². The molecule has 0 aliphatic carbocycles. The first-order valence-electron chi connectivity index (χ1n) is 4.61. The number of methoxy groups -OCH3 is 1. The Bertz CT molecular complexity index is 524. The second-order valence-electron chi connectivity index (χ2n) is 3.24. The zero-order valence-corrected chi connectivity index (χ0v) is 9.46. The van der Waals surface area contributed by atoms with Crippen LogP contribution < -0.4 is 9.47 Å². The molecule has 0 unspecified atom stereocenters. The van der Waals surface area contributed by atoms with E-state index in [-0.39, 0.29) is 6.07 Å². The van der Waals surface area contributed by atoms with Crippen molar-refractivity contribution in [3.05, 3.63) is 17.3 Å². The number of aromatic nitrogens is 1. The van der Waals surface area contributed by atoms with Crippen molar-refractivity contribution in [3.63, 3.8) is 0 Å². The summed E-state index contributed by atoms with van der Waals surface area (Å²) >= 11 is 0. The normalized spacial score (nSPS) is 12.2. The SMILES string of the molecule is COc1cc(C(F)(F)F)c(OC(F)(F)F)nc1C(=O)O. The summed E-state index contributed by atoms with van der Waals surface area (Å²) < 4.78 is 81.2. The summed E-state index contributed by atoms with van der Waals surface area (Å²) in [5, 5.41) is 8.65. The van der Waals surface area contributed by atoms with Crippen molar-refractivity contribution < 1.29 is 45.7 Å². The van der Waals surface area contributed by atoms with E-state index in [4.69, 9.17) is 5.11 Å². The third kappa shape index (κ3) is 3.65. The lowest BCUT2D eigenvalue weighted by Crippen LogP contribution is -2.22. The van der Waals surface area contributed by atoms with E-state index in [2.05, 4.69) is 14.5 Å². The van der Waals surface area contributed by atoms with Crippen LogP contribution in [0, 0.1) is 0 Å². The first-order valence-corrected chi connectivity index (χ1v) is 4.61. The average molecular weight is 305 g/mol. The Morgan fingerprint density at radius 3 is 2.15 bits per heavy atom. The number of nitrogens with zero attached hydrogens (tertiary/aromatic N) is 1. The molecule has 0 fully saturated rings. The summed E-state index contributed by atoms with van der Waals surface area (Å²) in [5.74, 6) is -4.63. The predicted molar refractivity (Wildman–Crippen MR) is 49.4 cm³/mol. The minimum atomic E-state index is -5.46. The summed E-state index contributed by atoms with van der Waals surface area (Å²) in [6.07, 6.45) is -10.7. The quantitative estimate of drug-likeness (QED) is 0.870. The summed E-state index contributed by atoms with van der Waals surface area (Å²) in [7, 11) is 0.841.